The minimum atomic E-state index is 0.312. The summed E-state index contributed by atoms with van der Waals surface area (Å²) in [6, 6.07) is 7.80. The van der Waals surface area contributed by atoms with E-state index in [0.29, 0.717) is 17.6 Å². The van der Waals surface area contributed by atoms with Crippen molar-refractivity contribution in [1.82, 2.24) is 9.97 Å². The van der Waals surface area contributed by atoms with Gasteiger partial charge in [0.05, 0.1) is 5.88 Å². The molecule has 3 nitrogen and oxygen atoms in total. The van der Waals surface area contributed by atoms with Gasteiger partial charge in [0.25, 0.3) is 0 Å². The first-order valence-corrected chi connectivity index (χ1v) is 5.91. The van der Waals surface area contributed by atoms with E-state index in [4.69, 9.17) is 16.3 Å². The summed E-state index contributed by atoms with van der Waals surface area (Å²) in [5.41, 5.74) is 0.864. The number of hydrogen-bond acceptors (Lipinski definition) is 3. The van der Waals surface area contributed by atoms with Crippen molar-refractivity contribution >= 4 is 27.5 Å². The van der Waals surface area contributed by atoms with Crippen molar-refractivity contribution in [3.05, 3.63) is 46.7 Å². The molecule has 0 saturated carbocycles. The summed E-state index contributed by atoms with van der Waals surface area (Å²) in [5, 5.41) is 0. The molecule has 1 heterocycles. The molecule has 0 fully saturated rings. The maximum Gasteiger partial charge on any atom is 0.321 e. The van der Waals surface area contributed by atoms with Gasteiger partial charge in [-0.1, -0.05) is 22.0 Å². The Balaban J connectivity index is 2.14. The van der Waals surface area contributed by atoms with Gasteiger partial charge in [-0.05, 0) is 18.2 Å². The lowest BCUT2D eigenvalue weighted by Crippen LogP contribution is -1.92. The molecule has 0 radical (unpaired) electrons. The normalized spacial score (nSPS) is 10.1. The third-order valence-electron chi connectivity index (χ3n) is 1.84. The Morgan fingerprint density at radius 1 is 1.25 bits per heavy atom. The fourth-order valence-electron chi connectivity index (χ4n) is 1.10. The number of hydrogen-bond donors (Lipinski definition) is 0. The highest BCUT2D eigenvalue weighted by Gasteiger charge is 2.00. The van der Waals surface area contributed by atoms with Crippen LogP contribution in [-0.4, -0.2) is 9.97 Å². The number of alkyl halides is 1. The van der Waals surface area contributed by atoms with Crippen LogP contribution in [0.25, 0.3) is 0 Å². The van der Waals surface area contributed by atoms with Crippen LogP contribution in [-0.2, 0) is 5.88 Å². The van der Waals surface area contributed by atoms with Gasteiger partial charge < -0.3 is 4.74 Å². The van der Waals surface area contributed by atoms with Crippen molar-refractivity contribution in [2.24, 2.45) is 0 Å². The van der Waals surface area contributed by atoms with E-state index >= 15 is 0 Å². The molecule has 82 valence electrons. The third kappa shape index (κ3) is 2.93. The lowest BCUT2D eigenvalue weighted by atomic mass is 10.3. The summed E-state index contributed by atoms with van der Waals surface area (Å²) in [4.78, 5) is 8.08. The lowest BCUT2D eigenvalue weighted by molar-refractivity contribution is 0.441. The summed E-state index contributed by atoms with van der Waals surface area (Å²) in [7, 11) is 0. The molecule has 0 atom stereocenters. The van der Waals surface area contributed by atoms with E-state index in [-0.39, 0.29) is 0 Å². The number of ether oxygens (including phenoxy) is 1. The minimum Gasteiger partial charge on any atom is -0.424 e. The van der Waals surface area contributed by atoms with Gasteiger partial charge in [0.2, 0.25) is 0 Å². The smallest absolute Gasteiger partial charge is 0.321 e. The van der Waals surface area contributed by atoms with Crippen LogP contribution in [0.2, 0.25) is 0 Å². The Morgan fingerprint density at radius 2 is 2.00 bits per heavy atom. The molecule has 0 unspecified atom stereocenters. The Kier molecular flexibility index (Phi) is 3.74. The molecule has 1 aromatic heterocycles. The van der Waals surface area contributed by atoms with Crippen molar-refractivity contribution in [3.63, 3.8) is 0 Å². The van der Waals surface area contributed by atoms with Gasteiger partial charge in [0, 0.05) is 22.4 Å². The first-order chi connectivity index (χ1) is 7.78. The van der Waals surface area contributed by atoms with Gasteiger partial charge in [0.1, 0.15) is 5.75 Å². The monoisotopic (exact) mass is 298 g/mol. The Morgan fingerprint density at radius 3 is 2.62 bits per heavy atom. The summed E-state index contributed by atoms with van der Waals surface area (Å²) in [6.45, 7) is 0. The van der Waals surface area contributed by atoms with Gasteiger partial charge in [0.15, 0.2) is 0 Å². The molecule has 0 amide bonds. The molecular weight excluding hydrogens is 291 g/mol. The van der Waals surface area contributed by atoms with Crippen molar-refractivity contribution < 1.29 is 4.74 Å². The molecule has 0 N–H and O–H groups in total. The zero-order valence-electron chi connectivity index (χ0n) is 8.23. The summed E-state index contributed by atoms with van der Waals surface area (Å²) in [5.74, 6) is 1.09. The van der Waals surface area contributed by atoms with E-state index < -0.39 is 0 Å². The van der Waals surface area contributed by atoms with E-state index in [9.17, 15) is 0 Å². The molecular formula is C11H8BrClN2O. The number of aromatic nitrogens is 2. The highest BCUT2D eigenvalue weighted by molar-refractivity contribution is 9.10. The second-order valence-corrected chi connectivity index (χ2v) is 4.25. The number of rotatable bonds is 3. The molecule has 0 saturated heterocycles. The zero-order chi connectivity index (χ0) is 11.4. The van der Waals surface area contributed by atoms with Gasteiger partial charge in [-0.25, -0.2) is 9.97 Å². The van der Waals surface area contributed by atoms with Gasteiger partial charge in [-0.2, -0.15) is 0 Å². The summed E-state index contributed by atoms with van der Waals surface area (Å²) >= 11 is 8.99. The van der Waals surface area contributed by atoms with Crippen LogP contribution >= 0.6 is 27.5 Å². The van der Waals surface area contributed by atoms with E-state index in [1.807, 2.05) is 24.3 Å². The standard InChI is InChI=1S/C11H8BrClN2O/c12-9-2-1-3-10(4-9)16-11-14-6-8(5-13)7-15-11/h1-4,6-7H,5H2. The summed E-state index contributed by atoms with van der Waals surface area (Å²) < 4.78 is 6.41. The predicted molar refractivity (Wildman–Crippen MR) is 65.8 cm³/mol. The molecule has 0 bridgehead atoms. The predicted octanol–water partition coefficient (Wildman–Crippen LogP) is 3.77. The first-order valence-electron chi connectivity index (χ1n) is 4.58. The number of nitrogens with zero attached hydrogens (tertiary/aromatic N) is 2. The van der Waals surface area contributed by atoms with Crippen LogP contribution in [0.15, 0.2) is 41.1 Å². The molecule has 1 aromatic carbocycles. The van der Waals surface area contributed by atoms with Crippen LogP contribution in [0.3, 0.4) is 0 Å². The van der Waals surface area contributed by atoms with Gasteiger partial charge in [-0.15, -0.1) is 11.6 Å². The fraction of sp³-hybridized carbons (Fsp3) is 0.0909. The minimum absolute atomic E-state index is 0.312. The Labute approximate surface area is 107 Å². The SMILES string of the molecule is ClCc1cnc(Oc2cccc(Br)c2)nc1. The Bertz CT molecular complexity index is 476. The van der Waals surface area contributed by atoms with E-state index in [0.717, 1.165) is 10.0 Å². The van der Waals surface area contributed by atoms with Crippen LogP contribution in [0, 0.1) is 0 Å². The fourth-order valence-corrected chi connectivity index (χ4v) is 1.62. The van der Waals surface area contributed by atoms with Gasteiger partial charge >= 0.3 is 6.01 Å². The van der Waals surface area contributed by atoms with E-state index in [1.165, 1.54) is 0 Å². The second-order valence-electron chi connectivity index (χ2n) is 3.07. The molecule has 0 aliphatic rings. The van der Waals surface area contributed by atoms with E-state index in [1.54, 1.807) is 12.4 Å². The topological polar surface area (TPSA) is 35.0 Å². The van der Waals surface area contributed by atoms with Crippen LogP contribution < -0.4 is 4.74 Å². The molecule has 0 spiro atoms. The third-order valence-corrected chi connectivity index (χ3v) is 2.64. The molecule has 0 aliphatic carbocycles. The van der Waals surface area contributed by atoms with Crippen LogP contribution in [0.4, 0.5) is 0 Å². The number of halogens is 2. The second kappa shape index (κ2) is 5.27. The highest BCUT2D eigenvalue weighted by atomic mass is 79.9. The molecule has 5 heteroatoms. The van der Waals surface area contributed by atoms with Crippen molar-refractivity contribution in [1.29, 1.82) is 0 Å². The summed E-state index contributed by atoms with van der Waals surface area (Å²) in [6.07, 6.45) is 3.29. The molecule has 16 heavy (non-hydrogen) atoms. The zero-order valence-corrected chi connectivity index (χ0v) is 10.6. The Hall–Kier alpha value is -1.13. The molecule has 0 aliphatic heterocycles. The van der Waals surface area contributed by atoms with Crippen molar-refractivity contribution in [2.75, 3.05) is 0 Å². The maximum atomic E-state index is 5.63. The average molecular weight is 300 g/mol. The molecule has 2 aromatic rings. The van der Waals surface area contributed by atoms with E-state index in [2.05, 4.69) is 25.9 Å². The molecule has 2 rings (SSSR count). The van der Waals surface area contributed by atoms with Crippen molar-refractivity contribution in [3.8, 4) is 11.8 Å². The quantitative estimate of drug-likeness (QED) is 0.809. The van der Waals surface area contributed by atoms with Crippen LogP contribution in [0.1, 0.15) is 5.56 Å². The first kappa shape index (κ1) is 11.4. The highest BCUT2D eigenvalue weighted by Crippen LogP contribution is 2.21. The number of benzene rings is 1. The average Bonchev–Trinajstić information content (AvgIpc) is 2.30. The largest absolute Gasteiger partial charge is 0.424 e. The van der Waals surface area contributed by atoms with Gasteiger partial charge in [-0.3, -0.25) is 0 Å². The lowest BCUT2D eigenvalue weighted by Gasteiger charge is -2.03. The van der Waals surface area contributed by atoms with Crippen LogP contribution in [0.5, 0.6) is 11.8 Å². The van der Waals surface area contributed by atoms with Crippen molar-refractivity contribution in [2.45, 2.75) is 5.88 Å². The maximum absolute atomic E-state index is 5.63.